The summed E-state index contributed by atoms with van der Waals surface area (Å²) < 4.78 is 0. The number of aryl methyl sites for hydroxylation is 2. The fourth-order valence-corrected chi connectivity index (χ4v) is 3.54. The number of anilines is 1. The fraction of sp³-hybridized carbons (Fsp3) is 0.273. The van der Waals surface area contributed by atoms with Crippen LogP contribution < -0.4 is 5.73 Å². The summed E-state index contributed by atoms with van der Waals surface area (Å²) >= 11 is 0. The number of benzene rings is 1. The van der Waals surface area contributed by atoms with Crippen LogP contribution in [0.5, 0.6) is 0 Å². The number of nitrogens with two attached hydrogens (primary N) is 1. The Bertz CT molecular complexity index is 1210. The first kappa shape index (κ1) is 18.8. The SMILES string of the molecule is Cc1cc(C#C[C@]2(O)CCN(C)C2=O)cc(-c2nc(N)c3c(C)cncc3n2)c1. The zero-order chi connectivity index (χ0) is 20.8. The van der Waals surface area contributed by atoms with Crippen LogP contribution in [0.1, 0.15) is 23.1 Å². The number of nitrogen functional groups attached to an aromatic ring is 1. The first-order valence-corrected chi connectivity index (χ1v) is 9.28. The first-order valence-electron chi connectivity index (χ1n) is 9.28. The second kappa shape index (κ2) is 6.83. The molecule has 1 aromatic carbocycles. The summed E-state index contributed by atoms with van der Waals surface area (Å²) in [5, 5.41) is 11.3. The highest BCUT2D eigenvalue weighted by Crippen LogP contribution is 2.26. The highest BCUT2D eigenvalue weighted by molar-refractivity contribution is 5.92. The van der Waals surface area contributed by atoms with Gasteiger partial charge in [0.15, 0.2) is 5.82 Å². The maximum absolute atomic E-state index is 12.1. The van der Waals surface area contributed by atoms with Gasteiger partial charge in [-0.3, -0.25) is 9.78 Å². The fourth-order valence-electron chi connectivity index (χ4n) is 3.54. The molecular formula is C22H21N5O2. The van der Waals surface area contributed by atoms with Crippen molar-refractivity contribution in [3.8, 4) is 23.2 Å². The van der Waals surface area contributed by atoms with Gasteiger partial charge in [-0.25, -0.2) is 9.97 Å². The lowest BCUT2D eigenvalue weighted by molar-refractivity contribution is -0.137. The van der Waals surface area contributed by atoms with Gasteiger partial charge in [-0.15, -0.1) is 0 Å². The first-order chi connectivity index (χ1) is 13.8. The van der Waals surface area contributed by atoms with E-state index in [4.69, 9.17) is 5.73 Å². The number of hydrogen-bond acceptors (Lipinski definition) is 6. The summed E-state index contributed by atoms with van der Waals surface area (Å²) in [6.07, 6.45) is 3.69. The lowest BCUT2D eigenvalue weighted by Crippen LogP contribution is -2.37. The molecule has 1 fully saturated rings. The number of hydrogen-bond donors (Lipinski definition) is 2. The van der Waals surface area contributed by atoms with Crippen LogP contribution in [0, 0.1) is 25.7 Å². The van der Waals surface area contributed by atoms with Crippen LogP contribution in [-0.4, -0.2) is 50.1 Å². The number of likely N-dealkylation sites (tertiary alicyclic amines) is 1. The molecule has 0 saturated carbocycles. The van der Waals surface area contributed by atoms with Gasteiger partial charge in [-0.05, 0) is 43.2 Å². The number of carbonyl (C=O) groups is 1. The normalized spacial score (nSPS) is 18.8. The standard InChI is InChI=1S/C22H21N5O2/c1-13-8-15(4-5-22(29)6-7-27(3)21(22)28)10-16(9-13)20-25-17-12-24-11-14(2)18(17)19(23)26-20/h8-12,29H,6-7H2,1-3H3,(H2,23,25,26)/t22-/m0/s1. The van der Waals surface area contributed by atoms with Crippen molar-refractivity contribution < 1.29 is 9.90 Å². The lowest BCUT2D eigenvalue weighted by atomic mass is 10.0. The van der Waals surface area contributed by atoms with Crippen molar-refractivity contribution in [3.05, 3.63) is 47.3 Å². The van der Waals surface area contributed by atoms with E-state index in [0.717, 1.165) is 22.1 Å². The van der Waals surface area contributed by atoms with E-state index in [9.17, 15) is 9.90 Å². The summed E-state index contributed by atoms with van der Waals surface area (Å²) in [7, 11) is 1.66. The Morgan fingerprint density at radius 3 is 2.72 bits per heavy atom. The number of amides is 1. The maximum atomic E-state index is 12.1. The summed E-state index contributed by atoms with van der Waals surface area (Å²) in [6, 6.07) is 5.66. The molecule has 1 saturated heterocycles. The van der Waals surface area contributed by atoms with E-state index in [2.05, 4.69) is 26.8 Å². The van der Waals surface area contributed by atoms with Crippen molar-refractivity contribution in [3.63, 3.8) is 0 Å². The van der Waals surface area contributed by atoms with Gasteiger partial charge in [0, 0.05) is 42.7 Å². The summed E-state index contributed by atoms with van der Waals surface area (Å²) in [4.78, 5) is 26.9. The van der Waals surface area contributed by atoms with Crippen molar-refractivity contribution in [2.24, 2.45) is 0 Å². The molecule has 0 spiro atoms. The third-order valence-corrected chi connectivity index (χ3v) is 5.08. The maximum Gasteiger partial charge on any atom is 0.267 e. The van der Waals surface area contributed by atoms with Gasteiger partial charge in [-0.1, -0.05) is 11.8 Å². The summed E-state index contributed by atoms with van der Waals surface area (Å²) in [6.45, 7) is 4.34. The minimum atomic E-state index is -1.63. The van der Waals surface area contributed by atoms with Gasteiger partial charge in [0.1, 0.15) is 5.82 Å². The second-order valence-electron chi connectivity index (χ2n) is 7.46. The van der Waals surface area contributed by atoms with E-state index in [0.29, 0.717) is 35.7 Å². The van der Waals surface area contributed by atoms with E-state index in [-0.39, 0.29) is 5.91 Å². The Labute approximate surface area is 168 Å². The number of carbonyl (C=O) groups excluding carboxylic acids is 1. The third-order valence-electron chi connectivity index (χ3n) is 5.08. The minimum absolute atomic E-state index is 0.296. The Morgan fingerprint density at radius 1 is 1.21 bits per heavy atom. The second-order valence-corrected chi connectivity index (χ2v) is 7.46. The molecule has 1 aliphatic rings. The number of aromatic nitrogens is 3. The van der Waals surface area contributed by atoms with Crippen LogP contribution in [0.3, 0.4) is 0 Å². The van der Waals surface area contributed by atoms with Crippen molar-refractivity contribution in [1.82, 2.24) is 19.9 Å². The highest BCUT2D eigenvalue weighted by Gasteiger charge is 2.42. The number of aliphatic hydroxyl groups is 1. The molecule has 7 heteroatoms. The molecule has 0 radical (unpaired) electrons. The van der Waals surface area contributed by atoms with Gasteiger partial charge in [0.05, 0.1) is 11.7 Å². The average molecular weight is 387 g/mol. The zero-order valence-electron chi connectivity index (χ0n) is 16.5. The predicted octanol–water partition coefficient (Wildman–Crippen LogP) is 1.84. The van der Waals surface area contributed by atoms with Gasteiger partial charge in [-0.2, -0.15) is 0 Å². The molecule has 1 amide bonds. The lowest BCUT2D eigenvalue weighted by Gasteiger charge is -2.13. The van der Waals surface area contributed by atoms with Crippen molar-refractivity contribution in [2.75, 3.05) is 19.3 Å². The molecule has 146 valence electrons. The Morgan fingerprint density at radius 2 is 2.00 bits per heavy atom. The van der Waals surface area contributed by atoms with Crippen LogP contribution >= 0.6 is 0 Å². The van der Waals surface area contributed by atoms with E-state index in [1.165, 1.54) is 4.90 Å². The topological polar surface area (TPSA) is 105 Å². The van der Waals surface area contributed by atoms with Gasteiger partial charge in [0.25, 0.3) is 5.91 Å². The zero-order valence-corrected chi connectivity index (χ0v) is 16.5. The predicted molar refractivity (Wildman–Crippen MR) is 111 cm³/mol. The molecular weight excluding hydrogens is 366 g/mol. The van der Waals surface area contributed by atoms with Crippen molar-refractivity contribution >= 4 is 22.6 Å². The summed E-state index contributed by atoms with van der Waals surface area (Å²) in [5.74, 6) is 6.19. The third kappa shape index (κ3) is 3.39. The van der Waals surface area contributed by atoms with Gasteiger partial charge in [0.2, 0.25) is 5.60 Å². The van der Waals surface area contributed by atoms with Crippen LogP contribution in [0.4, 0.5) is 5.82 Å². The van der Waals surface area contributed by atoms with Crippen molar-refractivity contribution in [1.29, 1.82) is 0 Å². The average Bonchev–Trinajstić information content (AvgIpc) is 2.94. The van der Waals surface area contributed by atoms with E-state index in [1.807, 2.05) is 32.0 Å². The molecule has 4 rings (SSSR count). The van der Waals surface area contributed by atoms with E-state index in [1.54, 1.807) is 19.4 Å². The highest BCUT2D eigenvalue weighted by atomic mass is 16.3. The molecule has 0 bridgehead atoms. The van der Waals surface area contributed by atoms with Gasteiger partial charge < -0.3 is 15.7 Å². The molecule has 29 heavy (non-hydrogen) atoms. The number of fused-ring (bicyclic) bond motifs is 1. The number of pyridine rings is 1. The Balaban J connectivity index is 1.77. The van der Waals surface area contributed by atoms with Crippen LogP contribution in [0.25, 0.3) is 22.3 Å². The molecule has 3 aromatic rings. The van der Waals surface area contributed by atoms with Crippen LogP contribution in [-0.2, 0) is 4.79 Å². The summed E-state index contributed by atoms with van der Waals surface area (Å²) in [5.41, 5.74) is 8.52. The van der Waals surface area contributed by atoms with E-state index >= 15 is 0 Å². The molecule has 2 aromatic heterocycles. The van der Waals surface area contributed by atoms with Gasteiger partial charge >= 0.3 is 0 Å². The molecule has 1 aliphatic heterocycles. The smallest absolute Gasteiger partial charge is 0.267 e. The number of likely N-dealkylation sites (N-methyl/N-ethyl adjacent to an activating group) is 1. The molecule has 3 N–H and O–H groups in total. The molecule has 3 heterocycles. The Kier molecular flexibility index (Phi) is 4.44. The Hall–Kier alpha value is -3.50. The monoisotopic (exact) mass is 387 g/mol. The number of rotatable bonds is 1. The van der Waals surface area contributed by atoms with Crippen LogP contribution in [0.2, 0.25) is 0 Å². The van der Waals surface area contributed by atoms with Crippen molar-refractivity contribution in [2.45, 2.75) is 25.9 Å². The molecule has 7 nitrogen and oxygen atoms in total. The van der Waals surface area contributed by atoms with Crippen LogP contribution in [0.15, 0.2) is 30.6 Å². The van der Waals surface area contributed by atoms with E-state index < -0.39 is 5.60 Å². The minimum Gasteiger partial charge on any atom is -0.383 e. The largest absolute Gasteiger partial charge is 0.383 e. The molecule has 0 aliphatic carbocycles. The number of nitrogens with zero attached hydrogens (tertiary/aromatic N) is 4. The molecule has 0 unspecified atom stereocenters. The quantitative estimate of drug-likeness (QED) is 0.617. The molecule has 1 atom stereocenters.